The smallest absolute Gasteiger partial charge is 0.0848 e. The Kier molecular flexibility index (Phi) is 5.76. The van der Waals surface area contributed by atoms with E-state index in [0.717, 1.165) is 0 Å². The third-order valence-electron chi connectivity index (χ3n) is 1.04. The van der Waals surface area contributed by atoms with E-state index < -0.39 is 0 Å². The first-order valence-electron chi connectivity index (χ1n) is 3.30. The zero-order chi connectivity index (χ0) is 9.40. The van der Waals surface area contributed by atoms with Crippen molar-refractivity contribution in [2.24, 2.45) is 5.16 Å². The SMILES string of the molecule is CC#N.ON=C1C=C(Cl)C=CC1. The molecule has 3 nitrogen and oxygen atoms in total. The summed E-state index contributed by atoms with van der Waals surface area (Å²) in [7, 11) is 0. The highest BCUT2D eigenvalue weighted by molar-refractivity contribution is 6.33. The molecule has 0 bridgehead atoms. The van der Waals surface area contributed by atoms with Crippen molar-refractivity contribution in [1.29, 1.82) is 5.26 Å². The Bertz CT molecular complexity index is 261. The van der Waals surface area contributed by atoms with Gasteiger partial charge in [0.2, 0.25) is 0 Å². The Labute approximate surface area is 76.3 Å². The minimum Gasteiger partial charge on any atom is -0.411 e. The van der Waals surface area contributed by atoms with Gasteiger partial charge in [0.1, 0.15) is 0 Å². The first-order valence-corrected chi connectivity index (χ1v) is 3.68. The summed E-state index contributed by atoms with van der Waals surface area (Å²) < 4.78 is 0. The van der Waals surface area contributed by atoms with Gasteiger partial charge in [-0.05, 0) is 12.2 Å². The van der Waals surface area contributed by atoms with Gasteiger partial charge in [0, 0.05) is 18.4 Å². The van der Waals surface area contributed by atoms with Gasteiger partial charge in [-0.1, -0.05) is 22.8 Å². The summed E-state index contributed by atoms with van der Waals surface area (Å²) in [5, 5.41) is 19.2. The lowest BCUT2D eigenvalue weighted by molar-refractivity contribution is 0.318. The zero-order valence-corrected chi connectivity index (χ0v) is 7.41. The third kappa shape index (κ3) is 4.53. The van der Waals surface area contributed by atoms with E-state index in [2.05, 4.69) is 5.16 Å². The Morgan fingerprint density at radius 3 is 2.67 bits per heavy atom. The van der Waals surface area contributed by atoms with Crippen LogP contribution >= 0.6 is 11.6 Å². The molecule has 64 valence electrons. The summed E-state index contributed by atoms with van der Waals surface area (Å²) in [6.07, 6.45) is 5.90. The normalized spacial score (nSPS) is 17.4. The molecule has 0 radical (unpaired) electrons. The lowest BCUT2D eigenvalue weighted by atomic mass is 10.2. The molecule has 1 N–H and O–H groups in total. The standard InChI is InChI=1S/C6H6ClNO.C2H3N/c7-5-2-1-3-6(4-5)8-9;1-2-3/h1-2,4,9H,3H2;1H3. The zero-order valence-electron chi connectivity index (χ0n) is 6.66. The Morgan fingerprint density at radius 2 is 2.33 bits per heavy atom. The molecular weight excluding hydrogens is 176 g/mol. The number of hydrogen-bond donors (Lipinski definition) is 1. The maximum Gasteiger partial charge on any atom is 0.0848 e. The predicted molar refractivity (Wildman–Crippen MR) is 48.2 cm³/mol. The monoisotopic (exact) mass is 184 g/mol. The van der Waals surface area contributed by atoms with Gasteiger partial charge in [-0.3, -0.25) is 0 Å². The van der Waals surface area contributed by atoms with E-state index in [0.29, 0.717) is 17.2 Å². The van der Waals surface area contributed by atoms with Crippen molar-refractivity contribution in [3.63, 3.8) is 0 Å². The Balaban J connectivity index is 0.000000354. The predicted octanol–water partition coefficient (Wildman–Crippen LogP) is 2.43. The Morgan fingerprint density at radius 1 is 1.75 bits per heavy atom. The van der Waals surface area contributed by atoms with Crippen LogP contribution in [0, 0.1) is 11.3 Å². The van der Waals surface area contributed by atoms with Crippen LogP contribution in [-0.4, -0.2) is 10.9 Å². The summed E-state index contributed by atoms with van der Waals surface area (Å²) in [5.41, 5.74) is 0.600. The molecule has 0 aromatic carbocycles. The van der Waals surface area contributed by atoms with E-state index in [-0.39, 0.29) is 0 Å². The van der Waals surface area contributed by atoms with Crippen LogP contribution < -0.4 is 0 Å². The molecule has 0 spiro atoms. The minimum atomic E-state index is 0.600. The molecule has 1 aliphatic carbocycles. The van der Waals surface area contributed by atoms with Crippen LogP contribution in [0.15, 0.2) is 28.4 Å². The van der Waals surface area contributed by atoms with E-state index in [1.807, 2.05) is 6.08 Å². The summed E-state index contributed by atoms with van der Waals surface area (Å²) in [5.74, 6) is 0. The van der Waals surface area contributed by atoms with E-state index in [4.69, 9.17) is 22.1 Å². The molecule has 0 heterocycles. The highest BCUT2D eigenvalue weighted by Gasteiger charge is 1.99. The molecular formula is C8H9ClN2O. The van der Waals surface area contributed by atoms with Crippen LogP contribution in [0.5, 0.6) is 0 Å². The van der Waals surface area contributed by atoms with Crippen molar-refractivity contribution in [1.82, 2.24) is 0 Å². The van der Waals surface area contributed by atoms with Crippen LogP contribution in [0.1, 0.15) is 13.3 Å². The number of allylic oxidation sites excluding steroid dienone is 4. The van der Waals surface area contributed by atoms with Crippen molar-refractivity contribution < 1.29 is 5.21 Å². The highest BCUT2D eigenvalue weighted by Crippen LogP contribution is 2.10. The van der Waals surface area contributed by atoms with Crippen LogP contribution in [0.25, 0.3) is 0 Å². The van der Waals surface area contributed by atoms with Crippen molar-refractivity contribution in [2.75, 3.05) is 0 Å². The quantitative estimate of drug-likeness (QED) is 0.464. The summed E-state index contributed by atoms with van der Waals surface area (Å²) in [4.78, 5) is 0. The molecule has 0 unspecified atom stereocenters. The van der Waals surface area contributed by atoms with Crippen molar-refractivity contribution in [3.05, 3.63) is 23.3 Å². The first-order chi connectivity index (χ1) is 5.74. The van der Waals surface area contributed by atoms with Gasteiger partial charge in [-0.15, -0.1) is 0 Å². The van der Waals surface area contributed by atoms with Crippen molar-refractivity contribution >= 4 is 17.3 Å². The van der Waals surface area contributed by atoms with Gasteiger partial charge in [-0.25, -0.2) is 0 Å². The maximum absolute atomic E-state index is 8.26. The second-order valence-corrected chi connectivity index (χ2v) is 2.39. The molecule has 0 saturated heterocycles. The molecule has 0 aromatic heterocycles. The second kappa shape index (κ2) is 6.44. The highest BCUT2D eigenvalue weighted by atomic mass is 35.5. The van der Waals surface area contributed by atoms with E-state index >= 15 is 0 Å². The number of nitriles is 1. The van der Waals surface area contributed by atoms with Crippen LogP contribution in [-0.2, 0) is 0 Å². The fourth-order valence-corrected chi connectivity index (χ4v) is 0.843. The third-order valence-corrected chi connectivity index (χ3v) is 1.27. The second-order valence-electron chi connectivity index (χ2n) is 1.95. The van der Waals surface area contributed by atoms with E-state index in [1.54, 1.807) is 18.2 Å². The molecule has 1 rings (SSSR count). The summed E-state index contributed by atoms with van der Waals surface area (Å²) in [6, 6.07) is 1.75. The van der Waals surface area contributed by atoms with E-state index in [1.165, 1.54) is 6.92 Å². The average molecular weight is 185 g/mol. The number of hydrogen-bond acceptors (Lipinski definition) is 3. The topological polar surface area (TPSA) is 56.4 Å². The molecule has 4 heteroatoms. The molecule has 0 atom stereocenters. The van der Waals surface area contributed by atoms with Gasteiger partial charge in [-0.2, -0.15) is 5.26 Å². The lowest BCUT2D eigenvalue weighted by Gasteiger charge is -1.98. The van der Waals surface area contributed by atoms with Gasteiger partial charge in [0.05, 0.1) is 11.8 Å². The van der Waals surface area contributed by atoms with Crippen LogP contribution in [0.2, 0.25) is 0 Å². The largest absolute Gasteiger partial charge is 0.411 e. The number of nitrogens with zero attached hydrogens (tertiary/aromatic N) is 2. The van der Waals surface area contributed by atoms with E-state index in [9.17, 15) is 0 Å². The number of oxime groups is 1. The lowest BCUT2D eigenvalue weighted by Crippen LogP contribution is -1.95. The Hall–Kier alpha value is -1.27. The molecule has 0 amide bonds. The fourth-order valence-electron chi connectivity index (χ4n) is 0.628. The molecule has 0 aromatic rings. The first kappa shape index (κ1) is 10.7. The van der Waals surface area contributed by atoms with Gasteiger partial charge in [0.25, 0.3) is 0 Å². The van der Waals surface area contributed by atoms with Crippen LogP contribution in [0.3, 0.4) is 0 Å². The number of halogens is 1. The van der Waals surface area contributed by atoms with Gasteiger partial charge < -0.3 is 5.21 Å². The van der Waals surface area contributed by atoms with Crippen LogP contribution in [0.4, 0.5) is 0 Å². The summed E-state index contributed by atoms with van der Waals surface area (Å²) in [6.45, 7) is 1.43. The maximum atomic E-state index is 8.26. The minimum absolute atomic E-state index is 0.600. The molecule has 1 aliphatic rings. The molecule has 0 fully saturated rings. The average Bonchev–Trinajstić information content (AvgIpc) is 2.06. The molecule has 12 heavy (non-hydrogen) atoms. The molecule has 0 saturated carbocycles. The van der Waals surface area contributed by atoms with Crippen molar-refractivity contribution in [3.8, 4) is 6.07 Å². The summed E-state index contributed by atoms with van der Waals surface area (Å²) >= 11 is 5.57. The molecule has 0 aliphatic heterocycles. The fraction of sp³-hybridized carbons (Fsp3) is 0.250. The van der Waals surface area contributed by atoms with Gasteiger partial charge >= 0.3 is 0 Å². The number of rotatable bonds is 0. The van der Waals surface area contributed by atoms with Gasteiger partial charge in [0.15, 0.2) is 0 Å². The van der Waals surface area contributed by atoms with Crippen molar-refractivity contribution in [2.45, 2.75) is 13.3 Å².